The number of benzene rings is 1. The molecule has 112 valence electrons. The Hall–Kier alpha value is -0.940. The molecule has 3 nitrogen and oxygen atoms in total. The van der Waals surface area contributed by atoms with Gasteiger partial charge in [0, 0.05) is 4.47 Å². The van der Waals surface area contributed by atoms with Crippen LogP contribution in [0, 0.1) is 11.2 Å². The van der Waals surface area contributed by atoms with Gasteiger partial charge in [-0.3, -0.25) is 4.79 Å². The molecule has 1 atom stereocenters. The third-order valence-electron chi connectivity index (χ3n) is 2.80. The second-order valence-electron chi connectivity index (χ2n) is 6.12. The molecule has 0 heterocycles. The maximum Gasteiger partial charge on any atom is 0.224 e. The fraction of sp³-hybridized carbons (Fsp3) is 0.533. The van der Waals surface area contributed by atoms with Gasteiger partial charge in [0.2, 0.25) is 5.91 Å². The highest BCUT2D eigenvalue weighted by atomic mass is 79.9. The summed E-state index contributed by atoms with van der Waals surface area (Å²) in [5.74, 6) is -0.690. The molecule has 0 saturated heterocycles. The van der Waals surface area contributed by atoms with Gasteiger partial charge in [0.15, 0.2) is 0 Å². The van der Waals surface area contributed by atoms with E-state index in [0.717, 1.165) is 4.47 Å². The van der Waals surface area contributed by atoms with Gasteiger partial charge >= 0.3 is 0 Å². The molecule has 2 N–H and O–H groups in total. The average Bonchev–Trinajstić information content (AvgIpc) is 2.31. The Balaban J connectivity index is 2.64. The molecule has 0 aliphatic heterocycles. The lowest BCUT2D eigenvalue weighted by molar-refractivity contribution is -0.121. The Bertz CT molecular complexity index is 471. The molecule has 5 heteroatoms. The van der Waals surface area contributed by atoms with Crippen molar-refractivity contribution in [2.24, 2.45) is 5.41 Å². The summed E-state index contributed by atoms with van der Waals surface area (Å²) in [6.07, 6.45) is 0.627. The zero-order chi connectivity index (χ0) is 15.3. The number of carbonyl (C=O) groups excluding carboxylic acids is 1. The highest BCUT2D eigenvalue weighted by Gasteiger charge is 2.20. The predicted molar refractivity (Wildman–Crippen MR) is 80.9 cm³/mol. The maximum absolute atomic E-state index is 13.6. The van der Waals surface area contributed by atoms with Crippen molar-refractivity contribution in [1.29, 1.82) is 0 Å². The number of hydrogen-bond acceptors (Lipinski definition) is 2. The number of hydrogen-bond donors (Lipinski definition) is 2. The first-order chi connectivity index (χ1) is 9.21. The summed E-state index contributed by atoms with van der Waals surface area (Å²) >= 11 is 3.25. The molecule has 1 aromatic carbocycles. The number of aliphatic hydroxyl groups is 1. The normalized spacial score (nSPS) is 13.1. The molecule has 0 saturated carbocycles. The number of rotatable bonds is 5. The van der Waals surface area contributed by atoms with E-state index in [9.17, 15) is 14.3 Å². The van der Waals surface area contributed by atoms with E-state index in [0.29, 0.717) is 12.0 Å². The standard InChI is InChI=1S/C15H21BrFNO2/c1-15(2,3)8-12(9-19)18-14(20)7-10-6-11(16)4-5-13(10)17/h4-6,12,19H,7-9H2,1-3H3,(H,18,20). The highest BCUT2D eigenvalue weighted by Crippen LogP contribution is 2.21. The fourth-order valence-electron chi connectivity index (χ4n) is 2.03. The van der Waals surface area contributed by atoms with E-state index >= 15 is 0 Å². The summed E-state index contributed by atoms with van der Waals surface area (Å²) in [6.45, 7) is 5.99. The van der Waals surface area contributed by atoms with Crippen LogP contribution in [0.5, 0.6) is 0 Å². The summed E-state index contributed by atoms with van der Waals surface area (Å²) in [4.78, 5) is 11.9. The third kappa shape index (κ3) is 6.01. The van der Waals surface area contributed by atoms with E-state index in [1.165, 1.54) is 6.07 Å². The monoisotopic (exact) mass is 345 g/mol. The summed E-state index contributed by atoms with van der Waals surface area (Å²) in [5.41, 5.74) is 0.339. The second kappa shape index (κ2) is 7.18. The van der Waals surface area contributed by atoms with E-state index in [2.05, 4.69) is 21.2 Å². The highest BCUT2D eigenvalue weighted by molar-refractivity contribution is 9.10. The van der Waals surface area contributed by atoms with Crippen molar-refractivity contribution >= 4 is 21.8 Å². The molecule has 0 aliphatic rings. The van der Waals surface area contributed by atoms with Crippen LogP contribution in [0.2, 0.25) is 0 Å². The van der Waals surface area contributed by atoms with Gasteiger partial charge in [-0.2, -0.15) is 0 Å². The van der Waals surface area contributed by atoms with Gasteiger partial charge in [0.25, 0.3) is 0 Å². The van der Waals surface area contributed by atoms with Crippen LogP contribution in [0.25, 0.3) is 0 Å². The first-order valence-electron chi connectivity index (χ1n) is 6.55. The molecule has 1 amide bonds. The average molecular weight is 346 g/mol. The van der Waals surface area contributed by atoms with Crippen molar-refractivity contribution in [1.82, 2.24) is 5.32 Å². The van der Waals surface area contributed by atoms with Crippen LogP contribution < -0.4 is 5.32 Å². The lowest BCUT2D eigenvalue weighted by Crippen LogP contribution is -2.40. The first kappa shape index (κ1) is 17.1. The van der Waals surface area contributed by atoms with Gasteiger partial charge in [-0.05, 0) is 35.6 Å². The van der Waals surface area contributed by atoms with Crippen LogP contribution in [0.1, 0.15) is 32.8 Å². The number of aliphatic hydroxyl groups excluding tert-OH is 1. The van der Waals surface area contributed by atoms with Crippen molar-refractivity contribution < 1.29 is 14.3 Å². The van der Waals surface area contributed by atoms with Crippen molar-refractivity contribution in [3.63, 3.8) is 0 Å². The topological polar surface area (TPSA) is 49.3 Å². The summed E-state index contributed by atoms with van der Waals surface area (Å²) < 4.78 is 14.3. The third-order valence-corrected chi connectivity index (χ3v) is 3.30. The minimum Gasteiger partial charge on any atom is -0.394 e. The van der Waals surface area contributed by atoms with Crippen molar-refractivity contribution in [3.8, 4) is 0 Å². The molecule has 0 radical (unpaired) electrons. The van der Waals surface area contributed by atoms with Gasteiger partial charge in [-0.15, -0.1) is 0 Å². The van der Waals surface area contributed by atoms with E-state index < -0.39 is 5.82 Å². The lowest BCUT2D eigenvalue weighted by atomic mass is 9.88. The number of nitrogens with one attached hydrogen (secondary N) is 1. The molecular weight excluding hydrogens is 325 g/mol. The van der Waals surface area contributed by atoms with Crippen LogP contribution in [0.3, 0.4) is 0 Å². The smallest absolute Gasteiger partial charge is 0.224 e. The number of halogens is 2. The molecule has 0 bridgehead atoms. The molecule has 1 aromatic rings. The molecule has 20 heavy (non-hydrogen) atoms. The van der Waals surface area contributed by atoms with Gasteiger partial charge in [-0.25, -0.2) is 4.39 Å². The Morgan fingerprint density at radius 3 is 2.65 bits per heavy atom. The van der Waals surface area contributed by atoms with Crippen LogP contribution in [-0.2, 0) is 11.2 Å². The van der Waals surface area contributed by atoms with Crippen LogP contribution >= 0.6 is 15.9 Å². The molecule has 1 unspecified atom stereocenters. The molecule has 0 aliphatic carbocycles. The van der Waals surface area contributed by atoms with Gasteiger partial charge in [0.05, 0.1) is 19.1 Å². The van der Waals surface area contributed by atoms with Gasteiger partial charge < -0.3 is 10.4 Å². The van der Waals surface area contributed by atoms with Crippen LogP contribution in [-0.4, -0.2) is 23.7 Å². The number of carbonyl (C=O) groups is 1. The summed E-state index contributed by atoms with van der Waals surface area (Å²) in [7, 11) is 0. The first-order valence-corrected chi connectivity index (χ1v) is 7.35. The van der Waals surface area contributed by atoms with Crippen molar-refractivity contribution in [3.05, 3.63) is 34.1 Å². The van der Waals surface area contributed by atoms with E-state index in [1.54, 1.807) is 12.1 Å². The minimum absolute atomic E-state index is 0.00169. The minimum atomic E-state index is -0.403. The predicted octanol–water partition coefficient (Wildman–Crippen LogP) is 3.04. The maximum atomic E-state index is 13.6. The van der Waals surface area contributed by atoms with E-state index in [1.807, 2.05) is 20.8 Å². The molecular formula is C15H21BrFNO2. The van der Waals surface area contributed by atoms with Crippen molar-refractivity contribution in [2.75, 3.05) is 6.61 Å². The Morgan fingerprint density at radius 2 is 2.10 bits per heavy atom. The fourth-order valence-corrected chi connectivity index (χ4v) is 2.44. The zero-order valence-electron chi connectivity index (χ0n) is 12.0. The van der Waals surface area contributed by atoms with E-state index in [4.69, 9.17) is 0 Å². The molecule has 1 rings (SSSR count). The molecule has 0 fully saturated rings. The zero-order valence-corrected chi connectivity index (χ0v) is 13.6. The molecule has 0 aromatic heterocycles. The van der Waals surface area contributed by atoms with Gasteiger partial charge in [-0.1, -0.05) is 36.7 Å². The molecule has 0 spiro atoms. The summed E-state index contributed by atoms with van der Waals surface area (Å²) in [5, 5.41) is 12.1. The largest absolute Gasteiger partial charge is 0.394 e. The second-order valence-corrected chi connectivity index (χ2v) is 7.04. The summed E-state index contributed by atoms with van der Waals surface area (Å²) in [6, 6.07) is 4.20. The number of amides is 1. The Morgan fingerprint density at radius 1 is 1.45 bits per heavy atom. The SMILES string of the molecule is CC(C)(C)CC(CO)NC(=O)Cc1cc(Br)ccc1F. The van der Waals surface area contributed by atoms with Crippen LogP contribution in [0.15, 0.2) is 22.7 Å². The Kier molecular flexibility index (Phi) is 6.14. The van der Waals surface area contributed by atoms with Crippen molar-refractivity contribution in [2.45, 2.75) is 39.7 Å². The van der Waals surface area contributed by atoms with Gasteiger partial charge in [0.1, 0.15) is 5.82 Å². The quantitative estimate of drug-likeness (QED) is 0.861. The lowest BCUT2D eigenvalue weighted by Gasteiger charge is -2.25. The van der Waals surface area contributed by atoms with E-state index in [-0.39, 0.29) is 30.4 Å². The van der Waals surface area contributed by atoms with Crippen LogP contribution in [0.4, 0.5) is 4.39 Å². The Labute approximate surface area is 127 Å².